The molecule has 8 heteroatoms. The third kappa shape index (κ3) is 6.64. The molecule has 0 saturated heterocycles. The molecule has 0 N–H and O–H groups in total. The molecule has 0 amide bonds. The lowest BCUT2D eigenvalue weighted by Gasteiger charge is -2.13. The molecule has 0 saturated carbocycles. The predicted octanol–water partition coefficient (Wildman–Crippen LogP) is 21.9. The summed E-state index contributed by atoms with van der Waals surface area (Å²) in [7, 11) is 0. The first-order valence-electron chi connectivity index (χ1n) is 28.4. The number of rotatable bonds is 6. The summed E-state index contributed by atoms with van der Waals surface area (Å²) in [4.78, 5) is 11.0. The number of benzene rings is 12. The Morgan fingerprint density at radius 2 is 0.595 bits per heavy atom. The second-order valence-electron chi connectivity index (χ2n) is 22.0. The summed E-state index contributed by atoms with van der Waals surface area (Å²) in [5.41, 5.74) is 15.0. The van der Waals surface area contributed by atoms with Crippen LogP contribution in [0.25, 0.3) is 177 Å². The number of nitrogens with zero attached hydrogens (tertiary/aromatic N) is 5. The molecule has 7 aromatic heterocycles. The van der Waals surface area contributed by atoms with Gasteiger partial charge >= 0.3 is 0 Å². The molecule has 390 valence electrons. The van der Waals surface area contributed by atoms with Crippen LogP contribution in [0.1, 0.15) is 0 Å². The molecule has 5 nitrogen and oxygen atoms in total. The van der Waals surface area contributed by atoms with Crippen molar-refractivity contribution in [2.75, 3.05) is 0 Å². The summed E-state index contributed by atoms with van der Waals surface area (Å²) in [5.74, 6) is 0.662. The van der Waals surface area contributed by atoms with Gasteiger partial charge in [0.2, 0.25) is 0 Å². The zero-order valence-corrected chi connectivity index (χ0v) is 47.2. The second-order valence-corrected chi connectivity index (χ2v) is 25.1. The Bertz CT molecular complexity index is 5740. The number of para-hydroxylation sites is 3. The second kappa shape index (κ2) is 17.6. The first-order valence-corrected chi connectivity index (χ1v) is 30.8. The molecule has 84 heavy (non-hydrogen) atoms. The van der Waals surface area contributed by atoms with Crippen LogP contribution >= 0.6 is 34.0 Å². The van der Waals surface area contributed by atoms with Crippen molar-refractivity contribution in [3.63, 3.8) is 0 Å². The van der Waals surface area contributed by atoms with E-state index in [2.05, 4.69) is 275 Å². The molecule has 0 atom stereocenters. The van der Waals surface area contributed by atoms with Gasteiger partial charge in [-0.15, -0.1) is 34.0 Å². The maximum Gasteiger partial charge on any atom is 0.160 e. The van der Waals surface area contributed by atoms with Crippen LogP contribution in [0.5, 0.6) is 0 Å². The van der Waals surface area contributed by atoms with Crippen LogP contribution < -0.4 is 0 Å². The number of thiophene rings is 3. The Hall–Kier alpha value is -10.2. The van der Waals surface area contributed by atoms with Crippen molar-refractivity contribution < 1.29 is 0 Å². The maximum atomic E-state index is 5.50. The average molecular weight is 1120 g/mol. The van der Waals surface area contributed by atoms with Gasteiger partial charge in [-0.1, -0.05) is 164 Å². The number of hydrogen-bond donors (Lipinski definition) is 0. The van der Waals surface area contributed by atoms with E-state index in [0.717, 1.165) is 50.7 Å². The van der Waals surface area contributed by atoms with E-state index in [9.17, 15) is 0 Å². The first-order chi connectivity index (χ1) is 41.6. The lowest BCUT2D eigenvalue weighted by Crippen LogP contribution is -1.99. The average Bonchev–Trinajstić information content (AvgIpc) is 2.11. The summed E-state index contributed by atoms with van der Waals surface area (Å²) >= 11 is 5.65. The van der Waals surface area contributed by atoms with Crippen LogP contribution in [0, 0.1) is 0 Å². The van der Waals surface area contributed by atoms with Gasteiger partial charge in [0.25, 0.3) is 0 Å². The van der Waals surface area contributed by atoms with Crippen LogP contribution in [0.4, 0.5) is 0 Å². The van der Waals surface area contributed by atoms with Crippen molar-refractivity contribution >= 4 is 160 Å². The highest BCUT2D eigenvalue weighted by molar-refractivity contribution is 7.27. The van der Waals surface area contributed by atoms with Crippen LogP contribution in [0.3, 0.4) is 0 Å². The lowest BCUT2D eigenvalue weighted by atomic mass is 10.1. The van der Waals surface area contributed by atoms with E-state index < -0.39 is 0 Å². The largest absolute Gasteiger partial charge is 0.309 e. The summed E-state index contributed by atoms with van der Waals surface area (Å²) < 4.78 is 15.2. The van der Waals surface area contributed by atoms with Gasteiger partial charge in [0.1, 0.15) is 0 Å². The van der Waals surface area contributed by atoms with Crippen molar-refractivity contribution in [2.24, 2.45) is 0 Å². The summed E-state index contributed by atoms with van der Waals surface area (Å²) in [6.07, 6.45) is 0. The molecule has 0 unspecified atom stereocenters. The number of fused-ring (bicyclic) bond motifs is 21. The highest BCUT2D eigenvalue weighted by Crippen LogP contribution is 2.47. The van der Waals surface area contributed by atoms with E-state index >= 15 is 0 Å². The normalized spacial score (nSPS) is 12.3. The lowest BCUT2D eigenvalue weighted by molar-refractivity contribution is 1.15. The standard InChI is InChI=1S/C76H43N5S3/c1-7-22-61-56(19-1)70-64(39-36-53-50-16-4-10-25-67(50)82-73(53)70)79(61)47-32-28-44(29-33-47)59-43-60(45-30-34-48(35-31-45)80-62-23-8-2-20-57(62)71-65(80)40-37-54-51-17-5-11-26-68(51)83-74(54)71)78-76(77-59)46-14-13-15-49(42-46)81-63-24-9-3-21-58(63)72-66(81)41-38-55-52-18-6-12-27-69(52)84-75(55)72/h1-43H. The van der Waals surface area contributed by atoms with Gasteiger partial charge in [0.15, 0.2) is 5.82 Å². The van der Waals surface area contributed by atoms with Gasteiger partial charge < -0.3 is 13.7 Å². The third-order valence-corrected chi connectivity index (χ3v) is 21.1. The first kappa shape index (κ1) is 46.4. The molecular formula is C76H43N5S3. The molecule has 19 aromatic rings. The fourth-order valence-electron chi connectivity index (χ4n) is 13.8. The Balaban J connectivity index is 0.771. The van der Waals surface area contributed by atoms with E-state index in [4.69, 9.17) is 9.97 Å². The van der Waals surface area contributed by atoms with Crippen molar-refractivity contribution in [3.8, 4) is 51.0 Å². The van der Waals surface area contributed by atoms with Gasteiger partial charge in [0.05, 0.1) is 44.5 Å². The van der Waals surface area contributed by atoms with Gasteiger partial charge in [-0.3, -0.25) is 0 Å². The molecule has 0 aliphatic rings. The molecule has 0 aliphatic heterocycles. The SMILES string of the molecule is c1cc(-c2nc(-c3ccc(-n4c5ccccc5c5c6sc7ccccc7c6ccc54)cc3)cc(-c3ccc(-n4c5ccccc5c5c6sc7ccccc7c6ccc54)cc3)n2)cc(-n2c3ccccc3c3c4sc5ccccc5c4ccc32)c1. The highest BCUT2D eigenvalue weighted by Gasteiger charge is 2.22. The van der Waals surface area contributed by atoms with Crippen LogP contribution in [0.15, 0.2) is 261 Å². The Morgan fingerprint density at radius 1 is 0.238 bits per heavy atom. The molecule has 0 radical (unpaired) electrons. The maximum absolute atomic E-state index is 5.50. The molecule has 0 bridgehead atoms. The minimum Gasteiger partial charge on any atom is -0.309 e. The molecular weight excluding hydrogens is 1080 g/mol. The zero-order chi connectivity index (χ0) is 54.7. The molecule has 12 aromatic carbocycles. The smallest absolute Gasteiger partial charge is 0.160 e. The van der Waals surface area contributed by atoms with Crippen molar-refractivity contribution in [3.05, 3.63) is 261 Å². The summed E-state index contributed by atoms with van der Waals surface area (Å²) in [6, 6.07) is 95.5. The van der Waals surface area contributed by atoms with Crippen molar-refractivity contribution in [2.45, 2.75) is 0 Å². The highest BCUT2D eigenvalue weighted by atomic mass is 32.1. The van der Waals surface area contributed by atoms with E-state index in [0.29, 0.717) is 5.82 Å². The topological polar surface area (TPSA) is 40.6 Å². The molecule has 7 heterocycles. The third-order valence-electron chi connectivity index (χ3n) is 17.5. The van der Waals surface area contributed by atoms with E-state index in [-0.39, 0.29) is 0 Å². The number of hydrogen-bond acceptors (Lipinski definition) is 5. The quantitative estimate of drug-likeness (QED) is 0.166. The Kier molecular flexibility index (Phi) is 9.75. The monoisotopic (exact) mass is 1120 g/mol. The van der Waals surface area contributed by atoms with E-state index in [1.807, 2.05) is 34.0 Å². The van der Waals surface area contributed by atoms with Crippen LogP contribution in [-0.2, 0) is 0 Å². The van der Waals surface area contributed by atoms with Crippen molar-refractivity contribution in [1.29, 1.82) is 0 Å². The molecule has 0 aliphatic carbocycles. The van der Waals surface area contributed by atoms with Crippen molar-refractivity contribution in [1.82, 2.24) is 23.7 Å². The molecule has 0 spiro atoms. The Labute approximate surface area is 492 Å². The Morgan fingerprint density at radius 3 is 1.00 bits per heavy atom. The van der Waals surface area contributed by atoms with Gasteiger partial charge in [-0.05, 0) is 97.1 Å². The predicted molar refractivity (Wildman–Crippen MR) is 360 cm³/mol. The van der Waals surface area contributed by atoms with Crippen LogP contribution in [-0.4, -0.2) is 23.7 Å². The van der Waals surface area contributed by atoms with Gasteiger partial charge in [-0.2, -0.15) is 0 Å². The van der Waals surface area contributed by atoms with Gasteiger partial charge in [-0.25, -0.2) is 9.97 Å². The van der Waals surface area contributed by atoms with E-state index in [1.165, 1.54) is 120 Å². The summed E-state index contributed by atoms with van der Waals surface area (Å²) in [5, 5.41) is 15.5. The fourth-order valence-corrected chi connectivity index (χ4v) is 17.5. The molecule has 0 fully saturated rings. The van der Waals surface area contributed by atoms with Crippen LogP contribution in [0.2, 0.25) is 0 Å². The summed E-state index contributed by atoms with van der Waals surface area (Å²) in [6.45, 7) is 0. The minimum absolute atomic E-state index is 0.662. The zero-order valence-electron chi connectivity index (χ0n) is 44.8. The number of aromatic nitrogens is 5. The van der Waals surface area contributed by atoms with Gasteiger partial charge in [0, 0.05) is 127 Å². The van der Waals surface area contributed by atoms with E-state index in [1.54, 1.807) is 0 Å². The fraction of sp³-hybridized carbons (Fsp3) is 0. The molecule has 19 rings (SSSR count). The minimum atomic E-state index is 0.662.